The number of halogens is 3. The maximum absolute atomic E-state index is 12.0. The van der Waals surface area contributed by atoms with Gasteiger partial charge >= 0.3 is 6.36 Å². The summed E-state index contributed by atoms with van der Waals surface area (Å²) in [7, 11) is -4.02. The van der Waals surface area contributed by atoms with Crippen LogP contribution in [-0.4, -0.2) is 40.3 Å². The van der Waals surface area contributed by atoms with Crippen molar-refractivity contribution in [3.05, 3.63) is 24.3 Å². The molecule has 0 aliphatic heterocycles. The van der Waals surface area contributed by atoms with E-state index in [0.717, 1.165) is 30.7 Å². The van der Waals surface area contributed by atoms with Crippen molar-refractivity contribution in [3.8, 4) is 5.75 Å². The average Bonchev–Trinajstić information content (AvgIpc) is 2.49. The fraction of sp³-hybridized carbons (Fsp3) is 0.462. The molecule has 0 spiro atoms. The number of hydrogen-bond acceptors (Lipinski definition) is 5. The smallest absolute Gasteiger partial charge is 0.406 e. The van der Waals surface area contributed by atoms with Gasteiger partial charge in [-0.05, 0) is 43.7 Å². The number of carbonyl (C=O) groups is 1. The largest absolute Gasteiger partial charge is 0.573 e. The highest BCUT2D eigenvalue weighted by Crippen LogP contribution is 2.23. The lowest BCUT2D eigenvalue weighted by molar-refractivity contribution is -0.274. The Labute approximate surface area is 137 Å². The molecule has 24 heavy (non-hydrogen) atoms. The van der Waals surface area contributed by atoms with Crippen LogP contribution in [0.25, 0.3) is 0 Å². The third kappa shape index (κ3) is 7.62. The van der Waals surface area contributed by atoms with Crippen molar-refractivity contribution < 1.29 is 31.1 Å². The quantitative estimate of drug-likeness (QED) is 0.556. The van der Waals surface area contributed by atoms with E-state index in [-0.39, 0.29) is 4.90 Å². The number of benzene rings is 1. The summed E-state index contributed by atoms with van der Waals surface area (Å²) >= 11 is 0. The number of sulfonamides is 1. The Hall–Kier alpha value is -1.85. The van der Waals surface area contributed by atoms with E-state index in [1.54, 1.807) is 0 Å². The Bertz CT molecular complexity index is 633. The van der Waals surface area contributed by atoms with Crippen molar-refractivity contribution in [1.82, 2.24) is 10.0 Å². The van der Waals surface area contributed by atoms with E-state index in [9.17, 15) is 26.4 Å². The zero-order valence-electron chi connectivity index (χ0n) is 12.6. The van der Waals surface area contributed by atoms with Crippen LogP contribution in [0.2, 0.25) is 0 Å². The summed E-state index contributed by atoms with van der Waals surface area (Å²) in [6, 6.07) is 3.63. The summed E-state index contributed by atoms with van der Waals surface area (Å²) in [5.41, 5.74) is 5.29. The van der Waals surface area contributed by atoms with Gasteiger partial charge in [-0.2, -0.15) is 0 Å². The standard InChI is InChI=1S/C13H18F3N3O4S/c14-13(15,16)23-10-3-5-11(6-4-10)24(21,22)19-9-12(20)18-8-2-1-7-17/h3-6,19H,1-2,7-9,17H2,(H,18,20). The molecule has 0 heterocycles. The number of nitrogens with one attached hydrogen (secondary N) is 2. The van der Waals surface area contributed by atoms with Gasteiger partial charge in [0.15, 0.2) is 0 Å². The Balaban J connectivity index is 2.54. The first-order chi connectivity index (χ1) is 11.1. The molecule has 7 nitrogen and oxygen atoms in total. The third-order valence-electron chi connectivity index (χ3n) is 2.74. The molecule has 1 rings (SSSR count). The molecule has 0 aromatic heterocycles. The van der Waals surface area contributed by atoms with E-state index in [4.69, 9.17) is 5.73 Å². The van der Waals surface area contributed by atoms with Crippen molar-refractivity contribution in [2.45, 2.75) is 24.1 Å². The second-order valence-corrected chi connectivity index (χ2v) is 6.46. The van der Waals surface area contributed by atoms with Crippen LogP contribution in [0.15, 0.2) is 29.2 Å². The molecule has 11 heteroatoms. The van der Waals surface area contributed by atoms with Crippen molar-refractivity contribution >= 4 is 15.9 Å². The van der Waals surface area contributed by atoms with E-state index in [1.165, 1.54) is 0 Å². The lowest BCUT2D eigenvalue weighted by Crippen LogP contribution is -2.37. The summed E-state index contributed by atoms with van der Waals surface area (Å²) in [4.78, 5) is 11.2. The van der Waals surface area contributed by atoms with Crippen LogP contribution >= 0.6 is 0 Å². The second kappa shape index (κ2) is 8.85. The lowest BCUT2D eigenvalue weighted by atomic mass is 10.3. The summed E-state index contributed by atoms with van der Waals surface area (Å²) in [6.45, 7) is 0.392. The zero-order valence-corrected chi connectivity index (χ0v) is 13.4. The summed E-state index contributed by atoms with van der Waals surface area (Å²) in [5, 5.41) is 2.51. The highest BCUT2D eigenvalue weighted by Gasteiger charge is 2.31. The molecule has 136 valence electrons. The van der Waals surface area contributed by atoms with Crippen LogP contribution in [0.1, 0.15) is 12.8 Å². The summed E-state index contributed by atoms with van der Waals surface area (Å²) in [5.74, 6) is -1.06. The molecule has 0 saturated heterocycles. The molecule has 1 amide bonds. The van der Waals surface area contributed by atoms with Gasteiger partial charge < -0.3 is 15.8 Å². The van der Waals surface area contributed by atoms with E-state index in [0.29, 0.717) is 19.5 Å². The fourth-order valence-corrected chi connectivity index (χ4v) is 2.61. The average molecular weight is 369 g/mol. The predicted octanol–water partition coefficient (Wildman–Crippen LogP) is 0.719. The number of ether oxygens (including phenoxy) is 1. The highest BCUT2D eigenvalue weighted by atomic mass is 32.2. The minimum absolute atomic E-state index is 0.284. The Morgan fingerprint density at radius 3 is 2.33 bits per heavy atom. The molecule has 0 aliphatic carbocycles. The molecular weight excluding hydrogens is 351 g/mol. The van der Waals surface area contributed by atoms with Crippen LogP contribution < -0.4 is 20.5 Å². The number of nitrogens with two attached hydrogens (primary N) is 1. The first-order valence-electron chi connectivity index (χ1n) is 6.96. The van der Waals surface area contributed by atoms with Crippen molar-refractivity contribution in [1.29, 1.82) is 0 Å². The van der Waals surface area contributed by atoms with Gasteiger partial charge in [0, 0.05) is 6.54 Å². The second-order valence-electron chi connectivity index (χ2n) is 4.69. The summed E-state index contributed by atoms with van der Waals surface area (Å²) in [6.07, 6.45) is -3.45. The number of rotatable bonds is 9. The van der Waals surface area contributed by atoms with Crippen LogP contribution in [0.4, 0.5) is 13.2 Å². The van der Waals surface area contributed by atoms with E-state index in [2.05, 4.69) is 14.8 Å². The molecule has 0 atom stereocenters. The maximum Gasteiger partial charge on any atom is 0.573 e. The lowest BCUT2D eigenvalue weighted by Gasteiger charge is -2.10. The van der Waals surface area contributed by atoms with Gasteiger partial charge in [-0.1, -0.05) is 0 Å². The van der Waals surface area contributed by atoms with E-state index >= 15 is 0 Å². The van der Waals surface area contributed by atoms with Crippen LogP contribution in [0, 0.1) is 0 Å². The number of carbonyl (C=O) groups excluding carboxylic acids is 1. The number of amides is 1. The molecule has 0 radical (unpaired) electrons. The zero-order chi connectivity index (χ0) is 18.2. The predicted molar refractivity (Wildman–Crippen MR) is 79.6 cm³/mol. The van der Waals surface area contributed by atoms with Gasteiger partial charge in [-0.15, -0.1) is 13.2 Å². The third-order valence-corrected chi connectivity index (χ3v) is 4.16. The molecule has 0 aliphatic rings. The maximum atomic E-state index is 12.0. The summed E-state index contributed by atoms with van der Waals surface area (Å²) < 4.78 is 65.7. The Morgan fingerprint density at radius 1 is 1.17 bits per heavy atom. The molecule has 0 unspecified atom stereocenters. The number of unbranched alkanes of at least 4 members (excludes halogenated alkanes) is 1. The van der Waals surface area contributed by atoms with Crippen LogP contribution in [-0.2, 0) is 14.8 Å². The molecule has 1 aromatic carbocycles. The fourth-order valence-electron chi connectivity index (χ4n) is 1.62. The molecule has 0 bridgehead atoms. The molecule has 1 aromatic rings. The van der Waals surface area contributed by atoms with E-state index < -0.39 is 34.6 Å². The van der Waals surface area contributed by atoms with Gasteiger partial charge in [-0.25, -0.2) is 13.1 Å². The molecular formula is C13H18F3N3O4S. The van der Waals surface area contributed by atoms with Crippen LogP contribution in [0.3, 0.4) is 0 Å². The van der Waals surface area contributed by atoms with Gasteiger partial charge in [0.05, 0.1) is 11.4 Å². The van der Waals surface area contributed by atoms with Crippen molar-refractivity contribution in [2.24, 2.45) is 5.73 Å². The number of hydrogen-bond donors (Lipinski definition) is 3. The molecule has 4 N–H and O–H groups in total. The minimum Gasteiger partial charge on any atom is -0.406 e. The molecule has 0 fully saturated rings. The van der Waals surface area contributed by atoms with Crippen LogP contribution in [0.5, 0.6) is 5.75 Å². The monoisotopic (exact) mass is 369 g/mol. The first kappa shape index (κ1) is 20.2. The molecule has 0 saturated carbocycles. The normalized spacial score (nSPS) is 12.0. The minimum atomic E-state index is -4.86. The van der Waals surface area contributed by atoms with Gasteiger partial charge in [0.25, 0.3) is 0 Å². The SMILES string of the molecule is NCCCCNC(=O)CNS(=O)(=O)c1ccc(OC(F)(F)F)cc1. The highest BCUT2D eigenvalue weighted by molar-refractivity contribution is 7.89. The Kier molecular flexibility index (Phi) is 7.45. The first-order valence-corrected chi connectivity index (χ1v) is 8.44. The van der Waals surface area contributed by atoms with Gasteiger partial charge in [0.2, 0.25) is 15.9 Å². The van der Waals surface area contributed by atoms with Crippen molar-refractivity contribution in [3.63, 3.8) is 0 Å². The topological polar surface area (TPSA) is 111 Å². The van der Waals surface area contributed by atoms with Crippen molar-refractivity contribution in [2.75, 3.05) is 19.6 Å². The van der Waals surface area contributed by atoms with Gasteiger partial charge in [0.1, 0.15) is 5.75 Å². The number of alkyl halides is 3. The van der Waals surface area contributed by atoms with E-state index in [1.807, 2.05) is 0 Å². The van der Waals surface area contributed by atoms with Gasteiger partial charge in [-0.3, -0.25) is 4.79 Å². The Morgan fingerprint density at radius 2 is 1.79 bits per heavy atom.